The van der Waals surface area contributed by atoms with E-state index < -0.39 is 0 Å². The lowest BCUT2D eigenvalue weighted by Gasteiger charge is -2.25. The molecule has 0 aromatic carbocycles. The summed E-state index contributed by atoms with van der Waals surface area (Å²) in [7, 11) is 1.89. The minimum absolute atomic E-state index is 0.227. The van der Waals surface area contributed by atoms with Gasteiger partial charge >= 0.3 is 0 Å². The fraction of sp³-hybridized carbons (Fsp3) is 0.909. The molecule has 0 radical (unpaired) electrons. The highest BCUT2D eigenvalue weighted by atomic mass is 32.2. The predicted octanol–water partition coefficient (Wildman–Crippen LogP) is 1.58. The van der Waals surface area contributed by atoms with Crippen LogP contribution in [0.4, 0.5) is 0 Å². The van der Waals surface area contributed by atoms with E-state index in [-0.39, 0.29) is 11.9 Å². The molecule has 0 aliphatic carbocycles. The standard InChI is InChI=1S/C11H24N2OS/c1-6-12-9(2)7-11(14)13(4)10(3)8-15-5/h9-10,12H,6-8H2,1-5H3. The van der Waals surface area contributed by atoms with Crippen LogP contribution in [-0.2, 0) is 4.79 Å². The van der Waals surface area contributed by atoms with Gasteiger partial charge in [0.1, 0.15) is 0 Å². The van der Waals surface area contributed by atoms with Crippen LogP contribution in [0, 0.1) is 0 Å². The van der Waals surface area contributed by atoms with Crippen molar-refractivity contribution in [3.05, 3.63) is 0 Å². The maximum Gasteiger partial charge on any atom is 0.224 e. The summed E-state index contributed by atoms with van der Waals surface area (Å²) in [6.07, 6.45) is 2.65. The van der Waals surface area contributed by atoms with E-state index >= 15 is 0 Å². The first-order valence-electron chi connectivity index (χ1n) is 5.50. The molecule has 0 spiro atoms. The topological polar surface area (TPSA) is 32.3 Å². The molecule has 0 aromatic heterocycles. The Morgan fingerprint density at radius 2 is 2.07 bits per heavy atom. The molecule has 1 N–H and O–H groups in total. The highest BCUT2D eigenvalue weighted by Gasteiger charge is 2.17. The Hall–Kier alpha value is -0.220. The third-order valence-electron chi connectivity index (χ3n) is 2.50. The lowest BCUT2D eigenvalue weighted by Crippen LogP contribution is -2.40. The summed E-state index contributed by atoms with van der Waals surface area (Å²) in [5, 5.41) is 3.25. The summed E-state index contributed by atoms with van der Waals surface area (Å²) in [5.41, 5.74) is 0. The van der Waals surface area contributed by atoms with Crippen molar-refractivity contribution in [1.82, 2.24) is 10.2 Å². The highest BCUT2D eigenvalue weighted by molar-refractivity contribution is 7.98. The van der Waals surface area contributed by atoms with Gasteiger partial charge in [-0.3, -0.25) is 4.79 Å². The van der Waals surface area contributed by atoms with Crippen molar-refractivity contribution < 1.29 is 4.79 Å². The van der Waals surface area contributed by atoms with Gasteiger partial charge in [0.2, 0.25) is 5.91 Å². The molecular weight excluding hydrogens is 208 g/mol. The lowest BCUT2D eigenvalue weighted by molar-refractivity contribution is -0.131. The van der Waals surface area contributed by atoms with E-state index in [1.54, 1.807) is 11.8 Å². The van der Waals surface area contributed by atoms with Crippen molar-refractivity contribution in [3.8, 4) is 0 Å². The SMILES string of the molecule is CCNC(C)CC(=O)N(C)C(C)CSC. The quantitative estimate of drug-likeness (QED) is 0.723. The van der Waals surface area contributed by atoms with E-state index in [0.717, 1.165) is 12.3 Å². The molecule has 3 nitrogen and oxygen atoms in total. The average Bonchev–Trinajstić information content (AvgIpc) is 2.17. The zero-order valence-electron chi connectivity index (χ0n) is 10.5. The van der Waals surface area contributed by atoms with E-state index in [4.69, 9.17) is 0 Å². The molecule has 0 aliphatic heterocycles. The van der Waals surface area contributed by atoms with Crippen molar-refractivity contribution in [1.29, 1.82) is 0 Å². The van der Waals surface area contributed by atoms with Crippen LogP contribution in [0.5, 0.6) is 0 Å². The average molecular weight is 232 g/mol. The molecule has 2 atom stereocenters. The first kappa shape index (κ1) is 14.8. The third-order valence-corrected chi connectivity index (χ3v) is 3.31. The molecule has 2 unspecified atom stereocenters. The first-order chi connectivity index (χ1) is 7.02. The van der Waals surface area contributed by atoms with Crippen LogP contribution in [0.2, 0.25) is 0 Å². The Balaban J connectivity index is 3.97. The second-order valence-corrected chi connectivity index (χ2v) is 4.88. The summed E-state index contributed by atoms with van der Waals surface area (Å²) in [4.78, 5) is 13.7. The van der Waals surface area contributed by atoms with E-state index in [1.165, 1.54) is 0 Å². The van der Waals surface area contributed by atoms with Crippen molar-refractivity contribution in [3.63, 3.8) is 0 Å². The molecule has 1 amide bonds. The number of nitrogens with zero attached hydrogens (tertiary/aromatic N) is 1. The van der Waals surface area contributed by atoms with Gasteiger partial charge in [0.05, 0.1) is 0 Å². The van der Waals surface area contributed by atoms with Crippen molar-refractivity contribution in [2.75, 3.05) is 25.6 Å². The number of thioether (sulfide) groups is 1. The van der Waals surface area contributed by atoms with E-state index in [2.05, 4.69) is 32.3 Å². The van der Waals surface area contributed by atoms with Crippen molar-refractivity contribution in [2.45, 2.75) is 39.3 Å². The lowest BCUT2D eigenvalue weighted by atomic mass is 10.2. The number of nitrogens with one attached hydrogen (secondary N) is 1. The molecule has 0 fully saturated rings. The number of rotatable bonds is 7. The van der Waals surface area contributed by atoms with E-state index in [1.807, 2.05) is 11.9 Å². The number of hydrogen-bond donors (Lipinski definition) is 1. The first-order valence-corrected chi connectivity index (χ1v) is 6.90. The monoisotopic (exact) mass is 232 g/mol. The Kier molecular flexibility index (Phi) is 7.88. The van der Waals surface area contributed by atoms with Crippen LogP contribution in [0.3, 0.4) is 0 Å². The summed E-state index contributed by atoms with van der Waals surface area (Å²) >= 11 is 1.78. The summed E-state index contributed by atoms with van der Waals surface area (Å²) in [6, 6.07) is 0.591. The van der Waals surface area contributed by atoms with Crippen LogP contribution in [0.15, 0.2) is 0 Å². The molecule has 90 valence electrons. The minimum Gasteiger partial charge on any atom is -0.342 e. The van der Waals surface area contributed by atoms with Gasteiger partial charge in [0.15, 0.2) is 0 Å². The maximum atomic E-state index is 11.8. The van der Waals surface area contributed by atoms with Crippen LogP contribution >= 0.6 is 11.8 Å². The van der Waals surface area contributed by atoms with Gasteiger partial charge in [-0.25, -0.2) is 0 Å². The smallest absolute Gasteiger partial charge is 0.224 e. The van der Waals surface area contributed by atoms with Gasteiger partial charge in [-0.05, 0) is 26.6 Å². The van der Waals surface area contributed by atoms with Crippen LogP contribution < -0.4 is 5.32 Å². The van der Waals surface area contributed by atoms with Crippen molar-refractivity contribution >= 4 is 17.7 Å². The minimum atomic E-state index is 0.227. The number of carbonyl (C=O) groups excluding carboxylic acids is 1. The normalized spacial score (nSPS) is 14.7. The molecule has 4 heteroatoms. The molecule has 0 saturated carbocycles. The number of hydrogen-bond acceptors (Lipinski definition) is 3. The Labute approximate surface area is 98.0 Å². The van der Waals surface area contributed by atoms with Gasteiger partial charge in [-0.2, -0.15) is 11.8 Å². The molecule has 0 aliphatic rings. The maximum absolute atomic E-state index is 11.8. The Bertz CT molecular complexity index is 187. The van der Waals surface area contributed by atoms with Gasteiger partial charge in [-0.15, -0.1) is 0 Å². The summed E-state index contributed by atoms with van der Waals surface area (Å²) < 4.78 is 0. The zero-order valence-corrected chi connectivity index (χ0v) is 11.4. The molecule has 0 bridgehead atoms. The van der Waals surface area contributed by atoms with Gasteiger partial charge in [0, 0.05) is 31.3 Å². The molecule has 0 rings (SSSR count). The summed E-state index contributed by atoms with van der Waals surface area (Å²) in [6.45, 7) is 7.11. The van der Waals surface area contributed by atoms with E-state index in [9.17, 15) is 4.79 Å². The fourth-order valence-corrected chi connectivity index (χ4v) is 2.13. The summed E-state index contributed by atoms with van der Waals surface area (Å²) in [5.74, 6) is 1.22. The fourth-order valence-electron chi connectivity index (χ4n) is 1.43. The van der Waals surface area contributed by atoms with Gasteiger partial charge < -0.3 is 10.2 Å². The van der Waals surface area contributed by atoms with Crippen LogP contribution in [0.25, 0.3) is 0 Å². The number of amides is 1. The zero-order chi connectivity index (χ0) is 11.8. The molecule has 0 aromatic rings. The second-order valence-electron chi connectivity index (χ2n) is 3.97. The predicted molar refractivity (Wildman–Crippen MR) is 68.4 cm³/mol. The van der Waals surface area contributed by atoms with Gasteiger partial charge in [-0.1, -0.05) is 6.92 Å². The van der Waals surface area contributed by atoms with E-state index in [0.29, 0.717) is 12.5 Å². The third kappa shape index (κ3) is 6.05. The molecular formula is C11H24N2OS. The van der Waals surface area contributed by atoms with Crippen LogP contribution in [0.1, 0.15) is 27.2 Å². The van der Waals surface area contributed by atoms with Crippen molar-refractivity contribution in [2.24, 2.45) is 0 Å². The highest BCUT2D eigenvalue weighted by Crippen LogP contribution is 2.06. The van der Waals surface area contributed by atoms with Crippen LogP contribution in [-0.4, -0.2) is 48.5 Å². The molecule has 15 heavy (non-hydrogen) atoms. The number of carbonyl (C=O) groups is 1. The Morgan fingerprint density at radius 1 is 1.47 bits per heavy atom. The molecule has 0 heterocycles. The second kappa shape index (κ2) is 7.99. The molecule has 0 saturated heterocycles. The largest absolute Gasteiger partial charge is 0.342 e. The Morgan fingerprint density at radius 3 is 2.53 bits per heavy atom. The van der Waals surface area contributed by atoms with Gasteiger partial charge in [0.25, 0.3) is 0 Å².